The molecular weight excluding hydrogens is 214 g/mol. The van der Waals surface area contributed by atoms with Crippen LogP contribution in [0.1, 0.15) is 26.0 Å². The van der Waals surface area contributed by atoms with Crippen LogP contribution < -0.4 is 5.32 Å². The van der Waals surface area contributed by atoms with E-state index in [2.05, 4.69) is 28.8 Å². The fraction of sp³-hybridized carbons (Fsp3) is 0.538. The third-order valence-electron chi connectivity index (χ3n) is 2.13. The molecule has 1 N–H and O–H groups in total. The minimum absolute atomic E-state index is 0.618. The zero-order valence-corrected chi connectivity index (χ0v) is 10.7. The molecule has 0 atom stereocenters. The molecule has 0 saturated heterocycles. The molecule has 0 aliphatic carbocycles. The van der Waals surface area contributed by atoms with Crippen LogP contribution in [0.25, 0.3) is 0 Å². The third-order valence-corrected chi connectivity index (χ3v) is 2.13. The van der Waals surface area contributed by atoms with Crippen molar-refractivity contribution < 1.29 is 4.74 Å². The van der Waals surface area contributed by atoms with Crippen molar-refractivity contribution in [1.82, 2.24) is 9.97 Å². The van der Waals surface area contributed by atoms with E-state index in [9.17, 15) is 0 Å². The number of aryl methyl sites for hydroxylation is 1. The molecule has 17 heavy (non-hydrogen) atoms. The van der Waals surface area contributed by atoms with Crippen molar-refractivity contribution in [3.63, 3.8) is 0 Å². The summed E-state index contributed by atoms with van der Waals surface area (Å²) in [6.07, 6.45) is 3.68. The van der Waals surface area contributed by atoms with E-state index in [-0.39, 0.29) is 0 Å². The Kier molecular flexibility index (Phi) is 6.25. The lowest BCUT2D eigenvalue weighted by Crippen LogP contribution is -2.11. The molecule has 0 saturated carbocycles. The van der Waals surface area contributed by atoms with Crippen molar-refractivity contribution in [3.8, 4) is 0 Å². The van der Waals surface area contributed by atoms with Crippen molar-refractivity contribution in [3.05, 3.63) is 30.2 Å². The van der Waals surface area contributed by atoms with Crippen LogP contribution in [0.5, 0.6) is 0 Å². The first-order chi connectivity index (χ1) is 8.22. The van der Waals surface area contributed by atoms with Gasteiger partial charge in [-0.05, 0) is 13.3 Å². The fourth-order valence-electron chi connectivity index (χ4n) is 1.38. The molecule has 0 radical (unpaired) electrons. The Morgan fingerprint density at radius 1 is 1.47 bits per heavy atom. The number of nitrogens with zero attached hydrogens (tertiary/aromatic N) is 2. The summed E-state index contributed by atoms with van der Waals surface area (Å²) in [5, 5.41) is 3.21. The van der Waals surface area contributed by atoms with Crippen LogP contribution in [-0.2, 0) is 11.2 Å². The smallest absolute Gasteiger partial charge is 0.129 e. The van der Waals surface area contributed by atoms with Crippen molar-refractivity contribution >= 4 is 5.82 Å². The first-order valence-electron chi connectivity index (χ1n) is 5.99. The van der Waals surface area contributed by atoms with Gasteiger partial charge in [-0.1, -0.05) is 25.5 Å². The van der Waals surface area contributed by atoms with Crippen LogP contribution in [0.4, 0.5) is 5.82 Å². The van der Waals surface area contributed by atoms with Crippen molar-refractivity contribution in [2.24, 2.45) is 0 Å². The Hall–Kier alpha value is -1.42. The highest BCUT2D eigenvalue weighted by atomic mass is 16.5. The molecule has 0 spiro atoms. The average Bonchev–Trinajstić information content (AvgIpc) is 2.29. The molecule has 0 bridgehead atoms. The minimum Gasteiger partial charge on any atom is -0.375 e. The lowest BCUT2D eigenvalue weighted by molar-refractivity contribution is 0.167. The molecule has 0 fully saturated rings. The van der Waals surface area contributed by atoms with Crippen LogP contribution in [0.3, 0.4) is 0 Å². The quantitative estimate of drug-likeness (QED) is 0.555. The maximum atomic E-state index is 5.39. The normalized spacial score (nSPS) is 10.2. The molecule has 4 heteroatoms. The van der Waals surface area contributed by atoms with Gasteiger partial charge in [-0.25, -0.2) is 9.97 Å². The lowest BCUT2D eigenvalue weighted by Gasteiger charge is -2.07. The maximum absolute atomic E-state index is 5.39. The first-order valence-corrected chi connectivity index (χ1v) is 5.99. The summed E-state index contributed by atoms with van der Waals surface area (Å²) >= 11 is 0. The number of ether oxygens (including phenoxy) is 1. The Bertz CT molecular complexity index is 352. The summed E-state index contributed by atoms with van der Waals surface area (Å²) < 4.78 is 5.39. The number of hydrogen-bond acceptors (Lipinski definition) is 4. The number of hydrogen-bond donors (Lipinski definition) is 1. The molecule has 4 nitrogen and oxygen atoms in total. The average molecular weight is 235 g/mol. The van der Waals surface area contributed by atoms with Crippen molar-refractivity contribution in [2.45, 2.75) is 26.7 Å². The van der Waals surface area contributed by atoms with E-state index in [0.717, 1.165) is 36.5 Å². The van der Waals surface area contributed by atoms with Gasteiger partial charge in [0.25, 0.3) is 0 Å². The second-order valence-corrected chi connectivity index (χ2v) is 4.08. The zero-order chi connectivity index (χ0) is 12.5. The summed E-state index contributed by atoms with van der Waals surface area (Å²) in [5.41, 5.74) is 2.12. The van der Waals surface area contributed by atoms with Gasteiger partial charge in [0.1, 0.15) is 12.1 Å². The highest BCUT2D eigenvalue weighted by Crippen LogP contribution is 2.05. The summed E-state index contributed by atoms with van der Waals surface area (Å²) in [4.78, 5) is 8.36. The molecule has 1 rings (SSSR count). The largest absolute Gasteiger partial charge is 0.375 e. The van der Waals surface area contributed by atoms with E-state index in [4.69, 9.17) is 4.74 Å². The van der Waals surface area contributed by atoms with E-state index < -0.39 is 0 Å². The van der Waals surface area contributed by atoms with Gasteiger partial charge < -0.3 is 10.1 Å². The fourth-order valence-corrected chi connectivity index (χ4v) is 1.38. The summed E-state index contributed by atoms with van der Waals surface area (Å²) in [6.45, 7) is 9.89. The molecule has 1 aromatic heterocycles. The van der Waals surface area contributed by atoms with Gasteiger partial charge in [0.05, 0.1) is 13.2 Å². The van der Waals surface area contributed by atoms with Crippen LogP contribution in [0, 0.1) is 0 Å². The van der Waals surface area contributed by atoms with E-state index in [1.807, 2.05) is 13.0 Å². The van der Waals surface area contributed by atoms with Gasteiger partial charge in [-0.3, -0.25) is 0 Å². The SMILES string of the molecule is C=C(C)COCCNc1cc(CCC)ncn1. The van der Waals surface area contributed by atoms with E-state index in [1.165, 1.54) is 0 Å². The van der Waals surface area contributed by atoms with Crippen molar-refractivity contribution in [1.29, 1.82) is 0 Å². The number of rotatable bonds is 8. The second-order valence-electron chi connectivity index (χ2n) is 4.08. The van der Waals surface area contributed by atoms with Gasteiger partial charge in [-0.15, -0.1) is 0 Å². The van der Waals surface area contributed by atoms with Gasteiger partial charge in [-0.2, -0.15) is 0 Å². The summed E-state index contributed by atoms with van der Waals surface area (Å²) in [6, 6.07) is 1.99. The molecule has 0 aliphatic heterocycles. The van der Waals surface area contributed by atoms with Gasteiger partial charge in [0, 0.05) is 18.3 Å². The highest BCUT2D eigenvalue weighted by Gasteiger charge is 1.97. The number of nitrogens with one attached hydrogen (secondary N) is 1. The minimum atomic E-state index is 0.618. The van der Waals surface area contributed by atoms with Gasteiger partial charge in [0.2, 0.25) is 0 Å². The summed E-state index contributed by atoms with van der Waals surface area (Å²) in [5.74, 6) is 0.863. The van der Waals surface area contributed by atoms with Crippen molar-refractivity contribution in [2.75, 3.05) is 25.1 Å². The molecule has 94 valence electrons. The molecule has 0 unspecified atom stereocenters. The standard InChI is InChI=1S/C13H21N3O/c1-4-5-12-8-13(16-10-15-12)14-6-7-17-9-11(2)3/h8,10H,2,4-7,9H2,1,3H3,(H,14,15,16). The molecule has 1 aromatic rings. The van der Waals surface area contributed by atoms with E-state index in [0.29, 0.717) is 13.2 Å². The predicted octanol–water partition coefficient (Wildman–Crippen LogP) is 2.43. The van der Waals surface area contributed by atoms with Gasteiger partial charge in [0.15, 0.2) is 0 Å². The molecule has 0 aromatic carbocycles. The van der Waals surface area contributed by atoms with E-state index >= 15 is 0 Å². The second kappa shape index (κ2) is 7.79. The topological polar surface area (TPSA) is 47.0 Å². The van der Waals surface area contributed by atoms with E-state index in [1.54, 1.807) is 6.33 Å². The monoisotopic (exact) mass is 235 g/mol. The van der Waals surface area contributed by atoms with Crippen LogP contribution in [0.15, 0.2) is 24.5 Å². The third kappa shape index (κ3) is 6.02. The van der Waals surface area contributed by atoms with Gasteiger partial charge >= 0.3 is 0 Å². The highest BCUT2D eigenvalue weighted by molar-refractivity contribution is 5.34. The Morgan fingerprint density at radius 3 is 3.00 bits per heavy atom. The maximum Gasteiger partial charge on any atom is 0.129 e. The Morgan fingerprint density at radius 2 is 2.29 bits per heavy atom. The Labute approximate surface area is 103 Å². The predicted molar refractivity (Wildman–Crippen MR) is 70.1 cm³/mol. The van der Waals surface area contributed by atoms with Crippen LogP contribution in [-0.4, -0.2) is 29.7 Å². The molecule has 0 amide bonds. The number of aromatic nitrogens is 2. The van der Waals surface area contributed by atoms with Crippen LogP contribution in [0.2, 0.25) is 0 Å². The number of anilines is 1. The molecular formula is C13H21N3O. The molecule has 1 heterocycles. The lowest BCUT2D eigenvalue weighted by atomic mass is 10.2. The molecule has 0 aliphatic rings. The van der Waals surface area contributed by atoms with Crippen LogP contribution >= 0.6 is 0 Å². The first kappa shape index (κ1) is 13.6. The Balaban J connectivity index is 2.26. The summed E-state index contributed by atoms with van der Waals surface area (Å²) in [7, 11) is 0. The zero-order valence-electron chi connectivity index (χ0n) is 10.7.